The molecule has 2 aliphatic heterocycles. The van der Waals surface area contributed by atoms with E-state index < -0.39 is 110 Å². The zero-order chi connectivity index (χ0) is 46.1. The van der Waals surface area contributed by atoms with Gasteiger partial charge in [-0.25, -0.2) is 9.79 Å². The lowest BCUT2D eigenvalue weighted by atomic mass is 9.89. The van der Waals surface area contributed by atoms with Crippen molar-refractivity contribution in [3.05, 3.63) is 85.1 Å². The van der Waals surface area contributed by atoms with Crippen LogP contribution in [-0.4, -0.2) is 137 Å². The van der Waals surface area contributed by atoms with Crippen LogP contribution in [0.4, 0.5) is 0 Å². The van der Waals surface area contributed by atoms with Gasteiger partial charge in [0.05, 0.1) is 67.4 Å². The number of rotatable bonds is 3. The molecule has 0 aliphatic carbocycles. The van der Waals surface area contributed by atoms with Gasteiger partial charge in [-0.05, 0) is 58.8 Å². The molecular formula is C47H73NO14. The van der Waals surface area contributed by atoms with Gasteiger partial charge in [0, 0.05) is 37.5 Å². The van der Waals surface area contributed by atoms with Crippen LogP contribution in [0.25, 0.3) is 0 Å². The molecule has 9 N–H and O–H groups in total. The van der Waals surface area contributed by atoms with Crippen LogP contribution in [0.5, 0.6) is 0 Å². The van der Waals surface area contributed by atoms with Gasteiger partial charge in [0.25, 0.3) is 0 Å². The molecule has 0 spiro atoms. The van der Waals surface area contributed by atoms with Crippen LogP contribution >= 0.6 is 0 Å². The van der Waals surface area contributed by atoms with E-state index in [1.165, 1.54) is 0 Å². The smallest absolute Gasteiger partial charge is 0.308 e. The van der Waals surface area contributed by atoms with Crippen molar-refractivity contribution in [2.75, 3.05) is 0 Å². The Labute approximate surface area is 366 Å². The summed E-state index contributed by atoms with van der Waals surface area (Å²) in [5.74, 6) is -3.80. The van der Waals surface area contributed by atoms with Crippen LogP contribution in [0.3, 0.4) is 0 Å². The molecule has 0 amide bonds. The van der Waals surface area contributed by atoms with Gasteiger partial charge in [-0.15, -0.1) is 0 Å². The van der Waals surface area contributed by atoms with Gasteiger partial charge in [0.1, 0.15) is 6.10 Å². The van der Waals surface area contributed by atoms with Crippen LogP contribution < -0.4 is 0 Å². The second-order valence-electron chi connectivity index (χ2n) is 16.7. The normalized spacial score (nSPS) is 40.1. The number of cyclic esters (lactones) is 1. The van der Waals surface area contributed by atoms with E-state index in [0.29, 0.717) is 25.7 Å². The first kappa shape index (κ1) is 54.7. The Balaban J connectivity index is 2.20. The minimum atomic E-state index is -2.41. The van der Waals surface area contributed by atoms with E-state index in [2.05, 4.69) is 4.99 Å². The zero-order valence-corrected chi connectivity index (χ0v) is 36.7. The number of aliphatic hydroxyl groups excluding tert-OH is 7. The molecule has 0 saturated carbocycles. The van der Waals surface area contributed by atoms with Gasteiger partial charge in [-0.3, -0.25) is 4.79 Å². The van der Waals surface area contributed by atoms with Crippen molar-refractivity contribution in [2.24, 2.45) is 16.8 Å². The first-order chi connectivity index (χ1) is 29.4. The van der Waals surface area contributed by atoms with E-state index in [1.54, 1.807) is 26.9 Å². The monoisotopic (exact) mass is 876 g/mol. The number of aliphatic imine (C=N–C) groups is 1. The van der Waals surface area contributed by atoms with Gasteiger partial charge in [0.2, 0.25) is 6.08 Å². The summed E-state index contributed by atoms with van der Waals surface area (Å²) < 4.78 is 17.5. The van der Waals surface area contributed by atoms with E-state index in [4.69, 9.17) is 14.2 Å². The Hall–Kier alpha value is -3.41. The van der Waals surface area contributed by atoms with Gasteiger partial charge in [-0.1, -0.05) is 98.9 Å². The summed E-state index contributed by atoms with van der Waals surface area (Å²) >= 11 is 0. The third-order valence-corrected chi connectivity index (χ3v) is 11.2. The molecule has 1 saturated heterocycles. The predicted octanol–water partition coefficient (Wildman–Crippen LogP) is 3.82. The maximum Gasteiger partial charge on any atom is 0.308 e. The highest BCUT2D eigenvalue weighted by atomic mass is 16.7. The number of carbonyl (C=O) groups excluding carboxylic acids is 2. The Kier molecular flexibility index (Phi) is 26.4. The van der Waals surface area contributed by atoms with E-state index in [-0.39, 0.29) is 38.0 Å². The molecule has 0 aromatic heterocycles. The second-order valence-corrected chi connectivity index (χ2v) is 16.7. The zero-order valence-electron chi connectivity index (χ0n) is 36.7. The third kappa shape index (κ3) is 23.3. The number of allylic oxidation sites excluding steroid dienone is 12. The van der Waals surface area contributed by atoms with Crippen LogP contribution in [0.2, 0.25) is 0 Å². The number of esters is 1. The molecule has 2 heterocycles. The molecule has 2 rings (SSSR count). The Morgan fingerprint density at radius 2 is 1.23 bits per heavy atom. The molecule has 62 heavy (non-hydrogen) atoms. The van der Waals surface area contributed by atoms with Crippen LogP contribution in [0, 0.1) is 11.8 Å². The maximum absolute atomic E-state index is 12.6. The summed E-state index contributed by atoms with van der Waals surface area (Å²) in [5, 5.41) is 95.0. The lowest BCUT2D eigenvalue weighted by molar-refractivity contribution is -0.228. The quantitative estimate of drug-likeness (QED) is 0.0846. The van der Waals surface area contributed by atoms with Crippen molar-refractivity contribution in [1.29, 1.82) is 0 Å². The highest BCUT2D eigenvalue weighted by Gasteiger charge is 2.32. The average molecular weight is 876 g/mol. The van der Waals surface area contributed by atoms with Crippen molar-refractivity contribution in [2.45, 2.75) is 184 Å². The number of ether oxygens (including phenoxy) is 3. The molecule has 2 aliphatic rings. The minimum absolute atomic E-state index is 0.0441. The molecule has 0 aromatic rings. The van der Waals surface area contributed by atoms with E-state index in [1.807, 2.05) is 92.0 Å². The predicted molar refractivity (Wildman–Crippen MR) is 234 cm³/mol. The van der Waals surface area contributed by atoms with Crippen molar-refractivity contribution in [3.63, 3.8) is 0 Å². The highest BCUT2D eigenvalue weighted by Crippen LogP contribution is 2.27. The van der Waals surface area contributed by atoms with Gasteiger partial charge in [-0.2, -0.15) is 0 Å². The van der Waals surface area contributed by atoms with Crippen LogP contribution in [0.15, 0.2) is 90.1 Å². The maximum atomic E-state index is 12.6. The number of hydrogen-bond acceptors (Lipinski definition) is 15. The fraction of sp³-hybridized carbons (Fsp3) is 0.660. The molecule has 15 nitrogen and oxygen atoms in total. The number of carbonyl (C=O) groups is 1. The molecule has 14 atom stereocenters. The molecule has 0 aromatic carbocycles. The van der Waals surface area contributed by atoms with Gasteiger partial charge < -0.3 is 60.2 Å². The molecule has 15 heteroatoms. The topological polar surface area (TPSA) is 256 Å². The lowest BCUT2D eigenvalue weighted by Crippen LogP contribution is -2.39. The van der Waals surface area contributed by atoms with Crippen molar-refractivity contribution >= 4 is 12.0 Å². The summed E-state index contributed by atoms with van der Waals surface area (Å²) in [6.45, 7) is 7.03. The van der Waals surface area contributed by atoms with E-state index in [0.717, 1.165) is 0 Å². The number of nitrogens with zero attached hydrogens (tertiary/aromatic N) is 1. The van der Waals surface area contributed by atoms with Crippen molar-refractivity contribution in [3.8, 4) is 0 Å². The van der Waals surface area contributed by atoms with Crippen LogP contribution in [0.1, 0.15) is 105 Å². The Morgan fingerprint density at radius 1 is 0.645 bits per heavy atom. The largest absolute Gasteiger partial charge is 0.462 e. The standard InChI is InChI=1S/C47H73NO14/c1-32-17-15-13-11-9-7-5-6-8-10-12-14-16-18-40(62-45-24-23-41(53)35(4)61-45)21-19-36(48-31-49)25-26-47(58,59)30-39(52)28-43(55)42(54)22-20-37(50)27-38(51)29-44(56)60-34(3)33(2)46(32)57/h5-18,32-43,45-46,50-55,57-59H,19-30H2,1-4H3/b6-5+,9-7+,10-8+,13-11+,14-12+,17-15+,18-16+/t32-,33-,34-,35+,36-,37+,38+,39-,40-,41-,42+,43+,45-,46+/m0/s1. The average Bonchev–Trinajstić information content (AvgIpc) is 3.20. The fourth-order valence-corrected chi connectivity index (χ4v) is 7.11. The minimum Gasteiger partial charge on any atom is -0.462 e. The SMILES string of the molecule is C[C@@H]1[C@H](O)[C@@H](C)/C=C/C=C/C=C/C=C/C=C/C=C/C=C/[C@H](O[C@H]2CC[C@H](O)[C@@H](C)O2)CC[C@H](N=C=O)CCC(O)(O)C[C@@H](O)C[C@@H](O)[C@H](O)CC[C@@H](O)C[C@@H](O)CC(=O)O[C@H]1C. The van der Waals surface area contributed by atoms with Gasteiger partial charge in [0.15, 0.2) is 12.1 Å². The number of hydrogen-bond donors (Lipinski definition) is 9. The molecule has 1 fully saturated rings. The third-order valence-electron chi connectivity index (χ3n) is 11.2. The first-order valence-electron chi connectivity index (χ1n) is 21.9. The molecule has 0 radical (unpaired) electrons. The summed E-state index contributed by atoms with van der Waals surface area (Å²) in [6.07, 6.45) is 16.8. The lowest BCUT2D eigenvalue weighted by Gasteiger charge is -2.33. The summed E-state index contributed by atoms with van der Waals surface area (Å²) in [4.78, 5) is 27.8. The second kappa shape index (κ2) is 29.9. The number of isocyanates is 1. The highest BCUT2D eigenvalue weighted by molar-refractivity contribution is 5.70. The summed E-state index contributed by atoms with van der Waals surface area (Å²) in [7, 11) is 0. The summed E-state index contributed by atoms with van der Waals surface area (Å²) in [5.41, 5.74) is 0. The molecule has 350 valence electrons. The first-order valence-corrected chi connectivity index (χ1v) is 21.9. The molecule has 0 bridgehead atoms. The van der Waals surface area contributed by atoms with E-state index in [9.17, 15) is 55.5 Å². The van der Waals surface area contributed by atoms with Gasteiger partial charge >= 0.3 is 5.97 Å². The number of aliphatic hydroxyl groups is 9. The van der Waals surface area contributed by atoms with Crippen LogP contribution in [-0.2, 0) is 23.8 Å². The molecule has 0 unspecified atom stereocenters. The fourth-order valence-electron chi connectivity index (χ4n) is 7.11. The Bertz CT molecular complexity index is 1530. The van der Waals surface area contributed by atoms with Crippen molar-refractivity contribution < 1.29 is 69.8 Å². The summed E-state index contributed by atoms with van der Waals surface area (Å²) in [6, 6.07) is -0.666. The Morgan fingerprint density at radius 3 is 1.82 bits per heavy atom. The van der Waals surface area contributed by atoms with Crippen molar-refractivity contribution in [1.82, 2.24) is 0 Å². The molecular weight excluding hydrogens is 803 g/mol. The van der Waals surface area contributed by atoms with E-state index >= 15 is 0 Å².